The first kappa shape index (κ1) is 14.5. The van der Waals surface area contributed by atoms with Gasteiger partial charge in [-0.05, 0) is 42.7 Å². The highest BCUT2D eigenvalue weighted by Gasteiger charge is 2.15. The van der Waals surface area contributed by atoms with Gasteiger partial charge in [-0.25, -0.2) is 4.68 Å². The van der Waals surface area contributed by atoms with Crippen LogP contribution in [0, 0.1) is 6.92 Å². The molecular formula is C17H19N3O2. The van der Waals surface area contributed by atoms with Crippen molar-refractivity contribution in [2.75, 3.05) is 18.9 Å². The third-order valence-electron chi connectivity index (χ3n) is 3.91. The number of hydrogen-bond acceptors (Lipinski definition) is 4. The minimum atomic E-state index is -0.0848. The number of benzene rings is 1. The summed E-state index contributed by atoms with van der Waals surface area (Å²) in [6.45, 7) is 3.20. The molecule has 0 bridgehead atoms. The first-order chi connectivity index (χ1) is 10.6. The van der Waals surface area contributed by atoms with Crippen molar-refractivity contribution in [3.8, 4) is 11.3 Å². The van der Waals surface area contributed by atoms with Crippen LogP contribution in [0.5, 0.6) is 0 Å². The van der Waals surface area contributed by atoms with Crippen molar-refractivity contribution in [2.24, 2.45) is 7.05 Å². The average molecular weight is 297 g/mol. The van der Waals surface area contributed by atoms with Crippen molar-refractivity contribution in [3.05, 3.63) is 51.8 Å². The maximum atomic E-state index is 12.4. The van der Waals surface area contributed by atoms with Crippen LogP contribution < -0.4 is 11.3 Å². The molecule has 0 saturated heterocycles. The highest BCUT2D eigenvalue weighted by atomic mass is 16.5. The highest BCUT2D eigenvalue weighted by Crippen LogP contribution is 2.26. The van der Waals surface area contributed by atoms with Crippen LogP contribution in [-0.4, -0.2) is 23.0 Å². The van der Waals surface area contributed by atoms with E-state index in [9.17, 15) is 4.79 Å². The average Bonchev–Trinajstić information content (AvgIpc) is 2.53. The van der Waals surface area contributed by atoms with E-state index in [1.54, 1.807) is 7.05 Å². The van der Waals surface area contributed by atoms with Crippen molar-refractivity contribution in [3.63, 3.8) is 0 Å². The lowest BCUT2D eigenvalue weighted by molar-refractivity contribution is 0.161. The molecule has 0 atom stereocenters. The second kappa shape index (κ2) is 5.77. The number of ether oxygens (including phenoxy) is 1. The Morgan fingerprint density at radius 2 is 2.09 bits per heavy atom. The lowest BCUT2D eigenvalue weighted by Gasteiger charge is -2.15. The van der Waals surface area contributed by atoms with Crippen molar-refractivity contribution in [1.82, 2.24) is 9.78 Å². The van der Waals surface area contributed by atoms with E-state index in [1.807, 2.05) is 37.3 Å². The predicted molar refractivity (Wildman–Crippen MR) is 87.5 cm³/mol. The molecule has 0 amide bonds. The standard InChI is InChI=1S/C17H19N3O2/c1-11-3-4-13(18)9-14(11)16-10-15(17(21)20(2)19-16)12-5-7-22-8-6-12/h3-5,9-10H,6-8,18H2,1-2H3. The van der Waals surface area contributed by atoms with E-state index in [0.717, 1.165) is 28.8 Å². The van der Waals surface area contributed by atoms with Gasteiger partial charge in [0.1, 0.15) is 0 Å². The molecule has 1 aromatic carbocycles. The monoisotopic (exact) mass is 297 g/mol. The van der Waals surface area contributed by atoms with Crippen molar-refractivity contribution >= 4 is 11.3 Å². The Hall–Kier alpha value is -2.40. The zero-order valence-electron chi connectivity index (χ0n) is 12.8. The van der Waals surface area contributed by atoms with Crippen LogP contribution in [0.1, 0.15) is 17.5 Å². The van der Waals surface area contributed by atoms with Gasteiger partial charge < -0.3 is 10.5 Å². The summed E-state index contributed by atoms with van der Waals surface area (Å²) in [6.07, 6.45) is 2.71. The van der Waals surface area contributed by atoms with Gasteiger partial charge >= 0.3 is 0 Å². The lowest BCUT2D eigenvalue weighted by Crippen LogP contribution is -2.24. The summed E-state index contributed by atoms with van der Waals surface area (Å²) in [5.41, 5.74) is 11.0. The van der Waals surface area contributed by atoms with E-state index in [0.29, 0.717) is 24.5 Å². The number of nitrogen functional groups attached to an aromatic ring is 1. The minimum absolute atomic E-state index is 0.0848. The van der Waals surface area contributed by atoms with Crippen LogP contribution in [0.4, 0.5) is 5.69 Å². The third kappa shape index (κ3) is 2.67. The summed E-state index contributed by atoms with van der Waals surface area (Å²) >= 11 is 0. The molecule has 2 N–H and O–H groups in total. The fourth-order valence-corrected chi connectivity index (χ4v) is 2.66. The van der Waals surface area contributed by atoms with Gasteiger partial charge in [0.05, 0.1) is 18.9 Å². The zero-order valence-corrected chi connectivity index (χ0v) is 12.8. The second-order valence-electron chi connectivity index (χ2n) is 5.50. The van der Waals surface area contributed by atoms with E-state index >= 15 is 0 Å². The Morgan fingerprint density at radius 3 is 2.82 bits per heavy atom. The summed E-state index contributed by atoms with van der Waals surface area (Å²) in [5.74, 6) is 0. The van der Waals surface area contributed by atoms with Crippen LogP contribution in [0.2, 0.25) is 0 Å². The van der Waals surface area contributed by atoms with E-state index in [2.05, 4.69) is 5.10 Å². The fourth-order valence-electron chi connectivity index (χ4n) is 2.66. The Bertz CT molecular complexity index is 806. The maximum Gasteiger partial charge on any atom is 0.274 e. The Labute approximate surface area is 129 Å². The summed E-state index contributed by atoms with van der Waals surface area (Å²) < 4.78 is 6.72. The number of anilines is 1. The lowest BCUT2D eigenvalue weighted by atomic mass is 9.99. The number of aromatic nitrogens is 2. The number of rotatable bonds is 2. The predicted octanol–water partition coefficient (Wildman–Crippen LogP) is 2.14. The van der Waals surface area contributed by atoms with Gasteiger partial charge in [-0.3, -0.25) is 4.79 Å². The molecule has 22 heavy (non-hydrogen) atoms. The molecule has 2 heterocycles. The van der Waals surface area contributed by atoms with E-state index in [4.69, 9.17) is 10.5 Å². The molecular weight excluding hydrogens is 278 g/mol. The van der Waals surface area contributed by atoms with Crippen LogP contribution in [0.25, 0.3) is 16.8 Å². The van der Waals surface area contributed by atoms with E-state index in [1.165, 1.54) is 4.68 Å². The molecule has 0 unspecified atom stereocenters. The summed E-state index contributed by atoms with van der Waals surface area (Å²) in [6, 6.07) is 7.58. The van der Waals surface area contributed by atoms with Gasteiger partial charge in [-0.15, -0.1) is 0 Å². The van der Waals surface area contributed by atoms with Crippen molar-refractivity contribution < 1.29 is 4.74 Å². The van der Waals surface area contributed by atoms with Crippen LogP contribution in [0.3, 0.4) is 0 Å². The number of hydrogen-bond donors (Lipinski definition) is 1. The van der Waals surface area contributed by atoms with Crippen molar-refractivity contribution in [1.29, 1.82) is 0 Å². The molecule has 0 aliphatic carbocycles. The SMILES string of the molecule is Cc1ccc(N)cc1-c1cc(C2=CCOCC2)c(=O)n(C)n1. The number of nitrogens with zero attached hydrogens (tertiary/aromatic N) is 2. The molecule has 1 aliphatic rings. The smallest absolute Gasteiger partial charge is 0.274 e. The molecule has 0 radical (unpaired) electrons. The van der Waals surface area contributed by atoms with Gasteiger partial charge in [-0.1, -0.05) is 12.1 Å². The second-order valence-corrected chi connectivity index (χ2v) is 5.50. The molecule has 0 spiro atoms. The number of aryl methyl sites for hydroxylation is 2. The molecule has 2 aromatic rings. The topological polar surface area (TPSA) is 70.1 Å². The Balaban J connectivity index is 2.18. The normalized spacial score (nSPS) is 14.7. The van der Waals surface area contributed by atoms with Gasteiger partial charge in [0.2, 0.25) is 0 Å². The van der Waals surface area contributed by atoms with Crippen molar-refractivity contribution in [2.45, 2.75) is 13.3 Å². The summed E-state index contributed by atoms with van der Waals surface area (Å²) in [7, 11) is 1.68. The number of nitrogens with two attached hydrogens (primary N) is 1. The van der Waals surface area contributed by atoms with Crippen LogP contribution >= 0.6 is 0 Å². The highest BCUT2D eigenvalue weighted by molar-refractivity contribution is 5.73. The van der Waals surface area contributed by atoms with Gasteiger partial charge in [0.25, 0.3) is 5.56 Å². The molecule has 114 valence electrons. The minimum Gasteiger partial charge on any atom is -0.399 e. The molecule has 3 rings (SSSR count). The molecule has 5 heteroatoms. The molecule has 0 fully saturated rings. The molecule has 5 nitrogen and oxygen atoms in total. The Kier molecular flexibility index (Phi) is 3.81. The van der Waals surface area contributed by atoms with Crippen LogP contribution in [0.15, 0.2) is 35.1 Å². The maximum absolute atomic E-state index is 12.4. The van der Waals surface area contributed by atoms with Gasteiger partial charge in [-0.2, -0.15) is 5.10 Å². The van der Waals surface area contributed by atoms with E-state index in [-0.39, 0.29) is 5.56 Å². The van der Waals surface area contributed by atoms with Gasteiger partial charge in [0, 0.05) is 23.9 Å². The zero-order chi connectivity index (χ0) is 15.7. The molecule has 1 aliphatic heterocycles. The summed E-state index contributed by atoms with van der Waals surface area (Å²) in [4.78, 5) is 12.4. The van der Waals surface area contributed by atoms with E-state index < -0.39 is 0 Å². The largest absolute Gasteiger partial charge is 0.399 e. The molecule has 1 aromatic heterocycles. The molecule has 0 saturated carbocycles. The Morgan fingerprint density at radius 1 is 1.27 bits per heavy atom. The fraction of sp³-hybridized carbons (Fsp3) is 0.294. The summed E-state index contributed by atoms with van der Waals surface area (Å²) in [5, 5.41) is 4.39. The van der Waals surface area contributed by atoms with Gasteiger partial charge in [0.15, 0.2) is 0 Å². The first-order valence-electron chi connectivity index (χ1n) is 7.28. The first-order valence-corrected chi connectivity index (χ1v) is 7.28. The quantitative estimate of drug-likeness (QED) is 0.862. The van der Waals surface area contributed by atoms with Crippen LogP contribution in [-0.2, 0) is 11.8 Å². The third-order valence-corrected chi connectivity index (χ3v) is 3.91.